The quantitative estimate of drug-likeness (QED) is 0.333. The molecule has 212 valence electrons. The van der Waals surface area contributed by atoms with Crippen molar-refractivity contribution in [3.63, 3.8) is 0 Å². The third-order valence-corrected chi connectivity index (χ3v) is 7.52. The predicted molar refractivity (Wildman–Crippen MR) is 154 cm³/mol. The highest BCUT2D eigenvalue weighted by Crippen LogP contribution is 2.30. The van der Waals surface area contributed by atoms with Gasteiger partial charge in [0, 0.05) is 49.3 Å². The molecular formula is C30H29ClFN5O4. The molecule has 2 aromatic carbocycles. The molecule has 0 saturated carbocycles. The van der Waals surface area contributed by atoms with Crippen LogP contribution in [0.3, 0.4) is 0 Å². The fourth-order valence-electron chi connectivity index (χ4n) is 5.12. The second-order valence-electron chi connectivity index (χ2n) is 10.1. The fraction of sp³-hybridized carbons (Fsp3) is 0.367. The second kappa shape index (κ2) is 12.5. The Kier molecular flexibility index (Phi) is 8.41. The summed E-state index contributed by atoms with van der Waals surface area (Å²) < 4.78 is 30.7. The maximum Gasteiger partial charge on any atom is 0.248 e. The number of nitrogens with zero attached hydrogens (tertiary/aromatic N) is 3. The van der Waals surface area contributed by atoms with Crippen LogP contribution in [-0.2, 0) is 19.0 Å². The topological polar surface area (TPSA) is 97.8 Å². The smallest absolute Gasteiger partial charge is 0.248 e. The number of hydrogen-bond acceptors (Lipinski definition) is 8. The summed E-state index contributed by atoms with van der Waals surface area (Å²) in [6.07, 6.45) is 5.84. The molecule has 9 nitrogen and oxygen atoms in total. The van der Waals surface area contributed by atoms with Crippen LogP contribution in [0.5, 0.6) is 0 Å². The minimum atomic E-state index is -0.511. The van der Waals surface area contributed by atoms with Gasteiger partial charge in [-0.25, -0.2) is 14.4 Å². The molecule has 0 aliphatic carbocycles. The maximum atomic E-state index is 13.7. The summed E-state index contributed by atoms with van der Waals surface area (Å²) in [5.74, 6) is 6.31. The first-order chi connectivity index (χ1) is 20.0. The number of hydrogen-bond donors (Lipinski definition) is 2. The lowest BCUT2D eigenvalue weighted by molar-refractivity contribution is -0.116. The van der Waals surface area contributed by atoms with Gasteiger partial charge in [0.2, 0.25) is 5.91 Å². The van der Waals surface area contributed by atoms with Crippen LogP contribution >= 0.6 is 11.6 Å². The van der Waals surface area contributed by atoms with Gasteiger partial charge in [-0.15, -0.1) is 0 Å². The zero-order valence-corrected chi connectivity index (χ0v) is 23.0. The number of likely N-dealkylation sites (tertiary alicyclic amines) is 1. The average Bonchev–Trinajstić information content (AvgIpc) is 3.64. The normalized spacial score (nSPS) is 22.4. The third kappa shape index (κ3) is 6.67. The molecule has 3 fully saturated rings. The molecule has 2 N–H and O–H groups in total. The zero-order valence-electron chi connectivity index (χ0n) is 22.2. The first-order valence-electron chi connectivity index (χ1n) is 13.5. The largest absolute Gasteiger partial charge is 0.380 e. The Labute approximate surface area is 242 Å². The molecular weight excluding hydrogens is 549 g/mol. The molecule has 3 unspecified atom stereocenters. The molecule has 11 heteroatoms. The molecule has 3 aliphatic heterocycles. The van der Waals surface area contributed by atoms with E-state index in [1.165, 1.54) is 24.5 Å². The maximum absolute atomic E-state index is 13.7. The van der Waals surface area contributed by atoms with Crippen molar-refractivity contribution in [2.24, 2.45) is 5.92 Å². The van der Waals surface area contributed by atoms with E-state index < -0.39 is 5.82 Å². The minimum absolute atomic E-state index is 0.00528. The highest BCUT2D eigenvalue weighted by molar-refractivity contribution is 6.31. The van der Waals surface area contributed by atoms with Crippen molar-refractivity contribution in [1.29, 1.82) is 0 Å². The van der Waals surface area contributed by atoms with Crippen LogP contribution < -0.4 is 10.6 Å². The summed E-state index contributed by atoms with van der Waals surface area (Å²) >= 11 is 5.96. The van der Waals surface area contributed by atoms with E-state index in [9.17, 15) is 9.18 Å². The van der Waals surface area contributed by atoms with E-state index in [1.54, 1.807) is 12.1 Å². The molecule has 0 spiro atoms. The number of rotatable bonds is 6. The van der Waals surface area contributed by atoms with E-state index in [0.717, 1.165) is 19.5 Å². The third-order valence-electron chi connectivity index (χ3n) is 7.23. The molecule has 3 aliphatic rings. The Morgan fingerprint density at radius 2 is 1.98 bits per heavy atom. The predicted octanol–water partition coefficient (Wildman–Crippen LogP) is 4.15. The van der Waals surface area contributed by atoms with Gasteiger partial charge in [-0.3, -0.25) is 9.69 Å². The van der Waals surface area contributed by atoms with E-state index in [1.807, 2.05) is 12.1 Å². The highest BCUT2D eigenvalue weighted by Gasteiger charge is 2.35. The molecule has 0 radical (unpaired) electrons. The molecule has 1 amide bonds. The SMILES string of the molecule is O=C(/C=C/CN1CC2OCCOC2C1)Nc1cc2c(Nc3ccc(F)c(Cl)c3)ncnc2cc1C#CC1CCOC1. The number of fused-ring (bicyclic) bond motifs is 2. The Hall–Kier alpha value is -3.59. The van der Waals surface area contributed by atoms with Gasteiger partial charge < -0.3 is 24.8 Å². The van der Waals surface area contributed by atoms with Crippen molar-refractivity contribution < 1.29 is 23.4 Å². The summed E-state index contributed by atoms with van der Waals surface area (Å²) in [6, 6.07) is 7.95. The first kappa shape index (κ1) is 27.6. The van der Waals surface area contributed by atoms with Gasteiger partial charge in [0.25, 0.3) is 0 Å². The summed E-state index contributed by atoms with van der Waals surface area (Å²) in [5.41, 5.74) is 2.37. The Balaban J connectivity index is 1.23. The number of carbonyl (C=O) groups is 1. The fourth-order valence-corrected chi connectivity index (χ4v) is 5.30. The monoisotopic (exact) mass is 577 g/mol. The van der Waals surface area contributed by atoms with Crippen LogP contribution in [0.4, 0.5) is 21.6 Å². The highest BCUT2D eigenvalue weighted by atomic mass is 35.5. The lowest BCUT2D eigenvalue weighted by Gasteiger charge is -2.24. The molecule has 4 heterocycles. The molecule has 1 aromatic heterocycles. The minimum Gasteiger partial charge on any atom is -0.380 e. The van der Waals surface area contributed by atoms with Crippen LogP contribution in [0, 0.1) is 23.6 Å². The first-order valence-corrected chi connectivity index (χ1v) is 13.9. The number of aromatic nitrogens is 2. The van der Waals surface area contributed by atoms with E-state index in [4.69, 9.17) is 25.8 Å². The van der Waals surface area contributed by atoms with E-state index in [2.05, 4.69) is 37.3 Å². The van der Waals surface area contributed by atoms with Crippen molar-refractivity contribution >= 4 is 45.6 Å². The molecule has 41 heavy (non-hydrogen) atoms. The van der Waals surface area contributed by atoms with E-state index in [-0.39, 0.29) is 29.1 Å². The second-order valence-corrected chi connectivity index (χ2v) is 10.6. The standard InChI is InChI=1S/C30H29ClFN5O4/c31-23-13-21(5-6-24(23)32)35-30-22-14-25(20(12-26(22)33-18-34-30)4-3-19-7-9-39-17-19)36-29(38)2-1-8-37-15-27-28(16-37)41-11-10-40-27/h1-2,5-6,12-14,18-19,27-28H,7-11,15-17H2,(H,36,38)(H,33,34,35)/b2-1+. The summed E-state index contributed by atoms with van der Waals surface area (Å²) in [6.45, 7) is 4.70. The van der Waals surface area contributed by atoms with Crippen LogP contribution in [-0.4, -0.2) is 79.0 Å². The summed E-state index contributed by atoms with van der Waals surface area (Å²) in [5, 5.41) is 6.80. The number of benzene rings is 2. The average molecular weight is 578 g/mol. The van der Waals surface area contributed by atoms with Crippen LogP contribution in [0.25, 0.3) is 10.9 Å². The van der Waals surface area contributed by atoms with E-state index in [0.29, 0.717) is 66.6 Å². The number of halogens is 2. The molecule has 3 saturated heterocycles. The molecule has 3 aromatic rings. The van der Waals surface area contributed by atoms with Crippen LogP contribution in [0.15, 0.2) is 48.8 Å². The summed E-state index contributed by atoms with van der Waals surface area (Å²) in [4.78, 5) is 24.0. The Morgan fingerprint density at radius 3 is 2.73 bits per heavy atom. The van der Waals surface area contributed by atoms with Gasteiger partial charge in [-0.05, 0) is 36.8 Å². The van der Waals surface area contributed by atoms with Crippen molar-refractivity contribution in [1.82, 2.24) is 14.9 Å². The number of amides is 1. The number of nitrogens with one attached hydrogen (secondary N) is 2. The van der Waals surface area contributed by atoms with Gasteiger partial charge >= 0.3 is 0 Å². The van der Waals surface area contributed by atoms with E-state index >= 15 is 0 Å². The van der Waals surface area contributed by atoms with Gasteiger partial charge in [0.1, 0.15) is 18.0 Å². The van der Waals surface area contributed by atoms with Gasteiger partial charge in [0.05, 0.1) is 53.8 Å². The Bertz CT molecular complexity index is 1520. The summed E-state index contributed by atoms with van der Waals surface area (Å²) in [7, 11) is 0. The molecule has 6 rings (SSSR count). The zero-order chi connectivity index (χ0) is 28.2. The van der Waals surface area contributed by atoms with Crippen LogP contribution in [0.1, 0.15) is 12.0 Å². The van der Waals surface area contributed by atoms with Crippen molar-refractivity contribution in [2.75, 3.05) is 56.7 Å². The van der Waals surface area contributed by atoms with Gasteiger partial charge in [-0.1, -0.05) is 29.5 Å². The lowest BCUT2D eigenvalue weighted by atomic mass is 10.1. The number of ether oxygens (including phenoxy) is 3. The lowest BCUT2D eigenvalue weighted by Crippen LogP contribution is -2.36. The van der Waals surface area contributed by atoms with Crippen molar-refractivity contribution in [2.45, 2.75) is 18.6 Å². The van der Waals surface area contributed by atoms with Crippen LogP contribution in [0.2, 0.25) is 5.02 Å². The van der Waals surface area contributed by atoms with Gasteiger partial charge in [-0.2, -0.15) is 0 Å². The van der Waals surface area contributed by atoms with Crippen molar-refractivity contribution in [3.05, 3.63) is 65.2 Å². The molecule has 3 atom stereocenters. The number of anilines is 3. The Morgan fingerprint density at radius 1 is 1.15 bits per heavy atom. The molecule has 0 bridgehead atoms. The van der Waals surface area contributed by atoms with Crippen molar-refractivity contribution in [3.8, 4) is 11.8 Å². The number of carbonyl (C=O) groups excluding carboxylic acids is 1. The van der Waals surface area contributed by atoms with Gasteiger partial charge in [0.15, 0.2) is 0 Å².